The summed E-state index contributed by atoms with van der Waals surface area (Å²) in [6.07, 6.45) is 3.21. The van der Waals surface area contributed by atoms with Crippen molar-refractivity contribution in [2.45, 2.75) is 0 Å². The number of nitrogen functional groups attached to an aromatic ring is 1. The second kappa shape index (κ2) is 5.72. The molecule has 21 heavy (non-hydrogen) atoms. The Bertz CT molecular complexity index is 756. The van der Waals surface area contributed by atoms with E-state index >= 15 is 0 Å². The number of aromatic nitrogens is 2. The Kier molecular flexibility index (Phi) is 3.61. The third-order valence-corrected chi connectivity index (χ3v) is 3.74. The number of pyridine rings is 1. The monoisotopic (exact) mass is 296 g/mol. The number of carbonyl (C=O) groups excluding carboxylic acids is 1. The maximum Gasteiger partial charge on any atom is 0.277 e. The van der Waals surface area contributed by atoms with Crippen LogP contribution in [0, 0.1) is 0 Å². The third-order valence-electron chi connectivity index (χ3n) is 2.81. The van der Waals surface area contributed by atoms with Gasteiger partial charge in [0.05, 0.1) is 11.9 Å². The van der Waals surface area contributed by atoms with Crippen molar-refractivity contribution in [1.82, 2.24) is 9.97 Å². The predicted octanol–water partition coefficient (Wildman–Crippen LogP) is 3.04. The smallest absolute Gasteiger partial charge is 0.277 e. The topological polar surface area (TPSA) is 80.9 Å². The van der Waals surface area contributed by atoms with Crippen molar-refractivity contribution < 1.29 is 4.79 Å². The highest BCUT2D eigenvalue weighted by atomic mass is 32.1. The molecule has 0 aliphatic heterocycles. The van der Waals surface area contributed by atoms with Gasteiger partial charge in [-0.1, -0.05) is 41.7 Å². The number of nitrogens with zero attached hydrogens (tertiary/aromatic N) is 2. The molecule has 5 nitrogen and oxygen atoms in total. The summed E-state index contributed by atoms with van der Waals surface area (Å²) in [6, 6.07) is 13.1. The molecular formula is C15H12N4OS. The second-order valence-corrected chi connectivity index (χ2v) is 5.32. The van der Waals surface area contributed by atoms with E-state index in [9.17, 15) is 4.79 Å². The Morgan fingerprint density at radius 3 is 2.67 bits per heavy atom. The normalized spacial score (nSPS) is 10.3. The van der Waals surface area contributed by atoms with Gasteiger partial charge in [0, 0.05) is 11.8 Å². The lowest BCUT2D eigenvalue weighted by molar-refractivity contribution is 0.102. The maximum absolute atomic E-state index is 12.2. The molecule has 0 spiro atoms. The molecule has 1 amide bonds. The van der Waals surface area contributed by atoms with Gasteiger partial charge in [-0.3, -0.25) is 9.78 Å². The standard InChI is InChI=1S/C15H12N4OS/c16-13-12(14(20)18-11-7-4-8-17-9-11)19-15(21-13)10-5-2-1-3-6-10/h1-9H,16H2,(H,18,20). The van der Waals surface area contributed by atoms with Crippen LogP contribution in [0.3, 0.4) is 0 Å². The van der Waals surface area contributed by atoms with E-state index in [4.69, 9.17) is 5.73 Å². The summed E-state index contributed by atoms with van der Waals surface area (Å²) in [7, 11) is 0. The summed E-state index contributed by atoms with van der Waals surface area (Å²) < 4.78 is 0. The molecule has 0 atom stereocenters. The lowest BCUT2D eigenvalue weighted by Gasteiger charge is -2.02. The van der Waals surface area contributed by atoms with E-state index in [1.807, 2.05) is 30.3 Å². The number of hydrogen-bond donors (Lipinski definition) is 2. The number of nitrogens with two attached hydrogens (primary N) is 1. The first-order valence-electron chi connectivity index (χ1n) is 6.27. The fourth-order valence-corrected chi connectivity index (χ4v) is 2.66. The molecule has 2 heterocycles. The van der Waals surface area contributed by atoms with Crippen LogP contribution in [0.4, 0.5) is 10.7 Å². The van der Waals surface area contributed by atoms with Crippen molar-refractivity contribution in [3.05, 3.63) is 60.6 Å². The molecule has 0 unspecified atom stereocenters. The van der Waals surface area contributed by atoms with Crippen molar-refractivity contribution in [2.75, 3.05) is 11.1 Å². The number of carbonyl (C=O) groups is 1. The summed E-state index contributed by atoms with van der Waals surface area (Å²) in [4.78, 5) is 20.5. The van der Waals surface area contributed by atoms with Gasteiger partial charge in [0.2, 0.25) is 0 Å². The SMILES string of the molecule is Nc1sc(-c2ccccc2)nc1C(=O)Nc1cccnc1. The van der Waals surface area contributed by atoms with Crippen LogP contribution in [0.1, 0.15) is 10.5 Å². The van der Waals surface area contributed by atoms with Crippen LogP contribution in [0.2, 0.25) is 0 Å². The molecule has 0 radical (unpaired) electrons. The molecule has 3 N–H and O–H groups in total. The predicted molar refractivity (Wildman–Crippen MR) is 84.2 cm³/mol. The summed E-state index contributed by atoms with van der Waals surface area (Å²) >= 11 is 1.30. The van der Waals surface area contributed by atoms with Crippen LogP contribution < -0.4 is 11.1 Å². The average Bonchev–Trinajstić information content (AvgIpc) is 2.91. The molecule has 0 aliphatic carbocycles. The van der Waals surface area contributed by atoms with Crippen molar-refractivity contribution in [3.63, 3.8) is 0 Å². The van der Waals surface area contributed by atoms with Crippen LogP contribution in [0.5, 0.6) is 0 Å². The maximum atomic E-state index is 12.2. The Balaban J connectivity index is 1.86. The lowest BCUT2D eigenvalue weighted by atomic mass is 10.2. The minimum atomic E-state index is -0.334. The highest BCUT2D eigenvalue weighted by Gasteiger charge is 2.17. The fourth-order valence-electron chi connectivity index (χ4n) is 1.83. The van der Waals surface area contributed by atoms with E-state index in [-0.39, 0.29) is 11.6 Å². The zero-order valence-corrected chi connectivity index (χ0v) is 11.8. The Morgan fingerprint density at radius 2 is 1.95 bits per heavy atom. The highest BCUT2D eigenvalue weighted by molar-refractivity contribution is 7.19. The van der Waals surface area contributed by atoms with Crippen molar-refractivity contribution in [1.29, 1.82) is 0 Å². The Labute approximate surface area is 125 Å². The molecule has 0 saturated carbocycles. The van der Waals surface area contributed by atoms with E-state index in [0.29, 0.717) is 10.7 Å². The van der Waals surface area contributed by atoms with Crippen molar-refractivity contribution in [3.8, 4) is 10.6 Å². The van der Waals surface area contributed by atoms with E-state index in [0.717, 1.165) is 10.6 Å². The van der Waals surface area contributed by atoms with Crippen molar-refractivity contribution in [2.24, 2.45) is 0 Å². The minimum Gasteiger partial charge on any atom is -0.389 e. The van der Waals surface area contributed by atoms with E-state index < -0.39 is 0 Å². The van der Waals surface area contributed by atoms with Gasteiger partial charge in [0.15, 0.2) is 5.69 Å². The molecule has 3 aromatic rings. The number of benzene rings is 1. The van der Waals surface area contributed by atoms with Crippen LogP contribution in [-0.2, 0) is 0 Å². The highest BCUT2D eigenvalue weighted by Crippen LogP contribution is 2.30. The first kappa shape index (κ1) is 13.3. The lowest BCUT2D eigenvalue weighted by Crippen LogP contribution is -2.14. The molecular weight excluding hydrogens is 284 g/mol. The quantitative estimate of drug-likeness (QED) is 0.778. The van der Waals surface area contributed by atoms with Crippen LogP contribution in [-0.4, -0.2) is 15.9 Å². The molecule has 6 heteroatoms. The third kappa shape index (κ3) is 2.90. The number of nitrogens with one attached hydrogen (secondary N) is 1. The minimum absolute atomic E-state index is 0.239. The van der Waals surface area contributed by atoms with Gasteiger partial charge in [-0.15, -0.1) is 0 Å². The summed E-state index contributed by atoms with van der Waals surface area (Å²) in [5, 5.41) is 3.85. The molecule has 0 fully saturated rings. The van der Waals surface area contributed by atoms with Crippen molar-refractivity contribution >= 4 is 27.9 Å². The summed E-state index contributed by atoms with van der Waals surface area (Å²) in [5.74, 6) is -0.334. The fraction of sp³-hybridized carbons (Fsp3) is 0. The van der Waals surface area contributed by atoms with E-state index in [1.165, 1.54) is 11.3 Å². The zero-order chi connectivity index (χ0) is 14.7. The number of thiazole rings is 1. The van der Waals surface area contributed by atoms with Crippen LogP contribution in [0.25, 0.3) is 10.6 Å². The molecule has 104 valence electrons. The number of anilines is 2. The van der Waals surface area contributed by atoms with Crippen LogP contribution in [0.15, 0.2) is 54.9 Å². The van der Waals surface area contributed by atoms with E-state index in [1.54, 1.807) is 24.5 Å². The van der Waals surface area contributed by atoms with Gasteiger partial charge in [-0.05, 0) is 12.1 Å². The first-order chi connectivity index (χ1) is 10.2. The summed E-state index contributed by atoms with van der Waals surface area (Å²) in [6.45, 7) is 0. The molecule has 0 aliphatic rings. The van der Waals surface area contributed by atoms with Gasteiger partial charge >= 0.3 is 0 Å². The van der Waals surface area contributed by atoms with Gasteiger partial charge < -0.3 is 11.1 Å². The first-order valence-corrected chi connectivity index (χ1v) is 7.09. The number of hydrogen-bond acceptors (Lipinski definition) is 5. The Morgan fingerprint density at radius 1 is 1.14 bits per heavy atom. The van der Waals surface area contributed by atoms with Gasteiger partial charge in [-0.2, -0.15) is 0 Å². The second-order valence-electron chi connectivity index (χ2n) is 4.29. The van der Waals surface area contributed by atoms with Gasteiger partial charge in [0.1, 0.15) is 10.0 Å². The number of rotatable bonds is 3. The summed E-state index contributed by atoms with van der Waals surface area (Å²) in [5.41, 5.74) is 7.70. The van der Waals surface area contributed by atoms with Gasteiger partial charge in [0.25, 0.3) is 5.91 Å². The molecule has 2 aromatic heterocycles. The molecule has 1 aromatic carbocycles. The molecule has 0 bridgehead atoms. The van der Waals surface area contributed by atoms with E-state index in [2.05, 4.69) is 15.3 Å². The average molecular weight is 296 g/mol. The molecule has 0 saturated heterocycles. The van der Waals surface area contributed by atoms with Gasteiger partial charge in [-0.25, -0.2) is 4.98 Å². The largest absolute Gasteiger partial charge is 0.389 e. The Hall–Kier alpha value is -2.73. The molecule has 3 rings (SSSR count). The van der Waals surface area contributed by atoms with Crippen LogP contribution >= 0.6 is 11.3 Å². The zero-order valence-electron chi connectivity index (χ0n) is 11.0. The number of amides is 1.